The van der Waals surface area contributed by atoms with E-state index in [1.165, 1.54) is 44.1 Å². The zero-order valence-corrected chi connectivity index (χ0v) is 19.8. The minimum Gasteiger partial charge on any atom is -0.494 e. The van der Waals surface area contributed by atoms with Gasteiger partial charge in [-0.25, -0.2) is 0 Å². The lowest BCUT2D eigenvalue weighted by atomic mass is 9.82. The molecule has 2 rings (SSSR count). The summed E-state index contributed by atoms with van der Waals surface area (Å²) in [7, 11) is 0. The number of rotatable bonds is 13. The van der Waals surface area contributed by atoms with Crippen LogP contribution in [0.2, 0.25) is 0 Å². The number of esters is 1. The zero-order chi connectivity index (χ0) is 22.5. The van der Waals surface area contributed by atoms with Crippen LogP contribution in [0, 0.1) is 16.7 Å². The Kier molecular flexibility index (Phi) is 10.9. The van der Waals surface area contributed by atoms with E-state index in [1.807, 2.05) is 6.92 Å². The number of unbranched alkanes of at least 4 members (excludes halogenated alkanes) is 6. The molecule has 0 amide bonds. The van der Waals surface area contributed by atoms with Gasteiger partial charge in [-0.3, -0.25) is 4.79 Å². The van der Waals surface area contributed by atoms with Crippen LogP contribution in [0.5, 0.6) is 5.75 Å². The third-order valence-corrected chi connectivity index (χ3v) is 6.72. The van der Waals surface area contributed by atoms with E-state index in [4.69, 9.17) is 9.47 Å². The molecule has 0 N–H and O–H groups in total. The number of nitrogens with zero attached hydrogens (tertiary/aromatic N) is 1. The van der Waals surface area contributed by atoms with Gasteiger partial charge in [0.25, 0.3) is 0 Å². The normalized spacial score (nSPS) is 20.5. The summed E-state index contributed by atoms with van der Waals surface area (Å²) in [5.74, 6) is 1.08. The molecule has 1 unspecified atom stereocenters. The molecule has 0 radical (unpaired) electrons. The quantitative estimate of drug-likeness (QED) is 0.244. The molecule has 0 bridgehead atoms. The number of carbonyl (C=O) groups is 1. The van der Waals surface area contributed by atoms with Gasteiger partial charge in [-0.15, -0.1) is 0 Å². The minimum absolute atomic E-state index is 0.0624. The first kappa shape index (κ1) is 25.2. The summed E-state index contributed by atoms with van der Waals surface area (Å²) >= 11 is 0. The van der Waals surface area contributed by atoms with Gasteiger partial charge in [0.2, 0.25) is 0 Å². The standard InChI is InChI=1S/C27H41NO3/c1-4-6-7-8-9-10-11-20-30-24-16-12-22(13-17-24)23-14-18-25(19-15-23)31-26(29)27(3,5-2)21-28/h12-13,16-17,23,25H,4-11,14-15,18-20H2,1-3H3. The Morgan fingerprint density at radius 1 is 1.00 bits per heavy atom. The molecule has 1 aromatic carbocycles. The average molecular weight is 428 g/mol. The molecule has 1 saturated carbocycles. The largest absolute Gasteiger partial charge is 0.494 e. The van der Waals surface area contributed by atoms with E-state index >= 15 is 0 Å². The van der Waals surface area contributed by atoms with Gasteiger partial charge >= 0.3 is 5.97 Å². The van der Waals surface area contributed by atoms with Crippen molar-refractivity contribution < 1.29 is 14.3 Å². The lowest BCUT2D eigenvalue weighted by Gasteiger charge is -2.30. The Hall–Kier alpha value is -2.02. The fourth-order valence-electron chi connectivity index (χ4n) is 4.15. The van der Waals surface area contributed by atoms with Crippen molar-refractivity contribution >= 4 is 5.97 Å². The Labute approximate surface area is 189 Å². The minimum atomic E-state index is -1.03. The fourth-order valence-corrected chi connectivity index (χ4v) is 4.15. The van der Waals surface area contributed by atoms with Gasteiger partial charge in [-0.1, -0.05) is 64.5 Å². The van der Waals surface area contributed by atoms with Gasteiger partial charge in [-0.05, 0) is 69.1 Å². The van der Waals surface area contributed by atoms with Crippen LogP contribution >= 0.6 is 0 Å². The van der Waals surface area contributed by atoms with Crippen molar-refractivity contribution in [2.45, 2.75) is 110 Å². The van der Waals surface area contributed by atoms with E-state index in [9.17, 15) is 10.1 Å². The maximum atomic E-state index is 12.3. The highest BCUT2D eigenvalue weighted by atomic mass is 16.5. The van der Waals surface area contributed by atoms with E-state index < -0.39 is 5.41 Å². The summed E-state index contributed by atoms with van der Waals surface area (Å²) in [6.07, 6.45) is 13.2. The van der Waals surface area contributed by atoms with Crippen molar-refractivity contribution in [2.75, 3.05) is 6.61 Å². The van der Waals surface area contributed by atoms with Crippen molar-refractivity contribution in [1.29, 1.82) is 5.26 Å². The maximum Gasteiger partial charge on any atom is 0.326 e. The number of benzene rings is 1. The number of nitriles is 1. The molecule has 0 aromatic heterocycles. The van der Waals surface area contributed by atoms with Crippen LogP contribution in [0.1, 0.15) is 109 Å². The van der Waals surface area contributed by atoms with Crippen molar-refractivity contribution in [1.82, 2.24) is 0 Å². The van der Waals surface area contributed by atoms with Crippen molar-refractivity contribution in [3.63, 3.8) is 0 Å². The number of hydrogen-bond donors (Lipinski definition) is 0. The molecular weight excluding hydrogens is 386 g/mol. The summed E-state index contributed by atoms with van der Waals surface area (Å²) in [4.78, 5) is 12.3. The molecule has 1 atom stereocenters. The second-order valence-corrected chi connectivity index (χ2v) is 9.22. The molecular formula is C27H41NO3. The smallest absolute Gasteiger partial charge is 0.326 e. The Bertz CT molecular complexity index is 685. The van der Waals surface area contributed by atoms with Crippen LogP contribution < -0.4 is 4.74 Å². The average Bonchev–Trinajstić information content (AvgIpc) is 2.81. The predicted molar refractivity (Wildman–Crippen MR) is 125 cm³/mol. The Balaban J connectivity index is 1.68. The molecule has 1 aliphatic rings. The summed E-state index contributed by atoms with van der Waals surface area (Å²) in [6, 6.07) is 10.6. The summed E-state index contributed by atoms with van der Waals surface area (Å²) < 4.78 is 11.6. The predicted octanol–water partition coefficient (Wildman–Crippen LogP) is 7.33. The van der Waals surface area contributed by atoms with Gasteiger partial charge in [-0.2, -0.15) is 5.26 Å². The second kappa shape index (κ2) is 13.4. The first-order valence-corrected chi connectivity index (χ1v) is 12.4. The van der Waals surface area contributed by atoms with E-state index in [2.05, 4.69) is 37.3 Å². The van der Waals surface area contributed by atoms with Crippen molar-refractivity contribution in [3.05, 3.63) is 29.8 Å². The first-order valence-electron chi connectivity index (χ1n) is 12.4. The van der Waals surface area contributed by atoms with Gasteiger partial charge in [0, 0.05) is 0 Å². The topological polar surface area (TPSA) is 59.3 Å². The summed E-state index contributed by atoms with van der Waals surface area (Å²) in [5.41, 5.74) is 0.310. The van der Waals surface area contributed by atoms with Gasteiger partial charge in [0.05, 0.1) is 12.7 Å². The lowest BCUT2D eigenvalue weighted by Crippen LogP contribution is -2.33. The number of hydrogen-bond acceptors (Lipinski definition) is 4. The van der Waals surface area contributed by atoms with Crippen LogP contribution in [0.25, 0.3) is 0 Å². The molecule has 31 heavy (non-hydrogen) atoms. The lowest BCUT2D eigenvalue weighted by molar-refractivity contribution is -0.159. The monoisotopic (exact) mass is 427 g/mol. The van der Waals surface area contributed by atoms with Gasteiger partial charge < -0.3 is 9.47 Å². The highest BCUT2D eigenvalue weighted by Crippen LogP contribution is 2.35. The summed E-state index contributed by atoms with van der Waals surface area (Å²) in [5, 5.41) is 9.26. The maximum absolute atomic E-state index is 12.3. The van der Waals surface area contributed by atoms with Gasteiger partial charge in [0.1, 0.15) is 11.9 Å². The molecule has 1 fully saturated rings. The molecule has 172 valence electrons. The Morgan fingerprint density at radius 2 is 1.61 bits per heavy atom. The van der Waals surface area contributed by atoms with Crippen molar-refractivity contribution in [2.24, 2.45) is 5.41 Å². The van der Waals surface area contributed by atoms with E-state index in [0.29, 0.717) is 12.3 Å². The second-order valence-electron chi connectivity index (χ2n) is 9.22. The SMILES string of the molecule is CCCCCCCCCOc1ccc(C2CCC(OC(=O)C(C)(C#N)CC)CC2)cc1. The van der Waals surface area contributed by atoms with Crippen LogP contribution in [0.3, 0.4) is 0 Å². The number of carbonyl (C=O) groups excluding carboxylic acids is 1. The van der Waals surface area contributed by atoms with Crippen molar-refractivity contribution in [3.8, 4) is 11.8 Å². The molecule has 4 nitrogen and oxygen atoms in total. The molecule has 0 aliphatic heterocycles. The third kappa shape index (κ3) is 8.20. The molecule has 1 aromatic rings. The fraction of sp³-hybridized carbons (Fsp3) is 0.704. The molecule has 0 saturated heterocycles. The highest BCUT2D eigenvalue weighted by molar-refractivity contribution is 5.79. The highest BCUT2D eigenvalue weighted by Gasteiger charge is 2.35. The van der Waals surface area contributed by atoms with Crippen LogP contribution in [-0.2, 0) is 9.53 Å². The van der Waals surface area contributed by atoms with E-state index in [-0.39, 0.29) is 12.1 Å². The molecule has 1 aliphatic carbocycles. The van der Waals surface area contributed by atoms with Crippen LogP contribution in [-0.4, -0.2) is 18.7 Å². The third-order valence-electron chi connectivity index (χ3n) is 6.72. The molecule has 0 heterocycles. The van der Waals surface area contributed by atoms with E-state index in [0.717, 1.165) is 44.5 Å². The zero-order valence-electron chi connectivity index (χ0n) is 19.8. The van der Waals surface area contributed by atoms with Gasteiger partial charge in [0.15, 0.2) is 5.41 Å². The Morgan fingerprint density at radius 3 is 2.19 bits per heavy atom. The van der Waals surface area contributed by atoms with E-state index in [1.54, 1.807) is 6.92 Å². The molecule has 0 spiro atoms. The first-order chi connectivity index (χ1) is 15.0. The van der Waals surface area contributed by atoms with Crippen LogP contribution in [0.15, 0.2) is 24.3 Å². The van der Waals surface area contributed by atoms with Crippen LogP contribution in [0.4, 0.5) is 0 Å². The molecule has 4 heteroatoms. The summed E-state index contributed by atoms with van der Waals surface area (Å²) in [6.45, 7) is 6.56. The number of ether oxygens (including phenoxy) is 2.